The Labute approximate surface area is 149 Å². The molecule has 1 N–H and O–H groups in total. The Bertz CT molecular complexity index is 651. The molecule has 25 heavy (non-hydrogen) atoms. The molecule has 0 fully saturated rings. The highest BCUT2D eigenvalue weighted by molar-refractivity contribution is 5.83. The minimum absolute atomic E-state index is 0.130. The van der Waals surface area contributed by atoms with Crippen LogP contribution in [0.1, 0.15) is 43.7 Å². The van der Waals surface area contributed by atoms with Gasteiger partial charge >= 0.3 is 0 Å². The second-order valence-electron chi connectivity index (χ2n) is 5.93. The van der Waals surface area contributed by atoms with Crippen molar-refractivity contribution in [1.82, 2.24) is 5.43 Å². The fraction of sp³-hybridized carbons (Fsp3) is 0.333. The molecule has 0 spiro atoms. The van der Waals surface area contributed by atoms with E-state index in [1.807, 2.05) is 54.6 Å². The van der Waals surface area contributed by atoms with E-state index in [1.54, 1.807) is 6.21 Å². The van der Waals surface area contributed by atoms with Gasteiger partial charge in [-0.05, 0) is 41.8 Å². The summed E-state index contributed by atoms with van der Waals surface area (Å²) in [5, 5.41) is 4.00. The maximum atomic E-state index is 11.8. The van der Waals surface area contributed by atoms with Crippen LogP contribution >= 0.6 is 0 Å². The molecular weight excluding hydrogens is 312 g/mol. The molecule has 1 amide bonds. The summed E-state index contributed by atoms with van der Waals surface area (Å²) in [6.07, 6.45) is 6.75. The fourth-order valence-electron chi connectivity index (χ4n) is 2.37. The van der Waals surface area contributed by atoms with Crippen LogP contribution in [0.4, 0.5) is 0 Å². The SMILES string of the molecule is CCCCCCOc1ccc(/C=N\NC(=O)Cc2ccccc2)cc1. The average Bonchev–Trinajstić information content (AvgIpc) is 2.63. The zero-order valence-electron chi connectivity index (χ0n) is 14.8. The topological polar surface area (TPSA) is 50.7 Å². The maximum absolute atomic E-state index is 11.8. The number of nitrogens with one attached hydrogen (secondary N) is 1. The van der Waals surface area contributed by atoms with Crippen LogP contribution in [-0.4, -0.2) is 18.7 Å². The smallest absolute Gasteiger partial charge is 0.244 e. The van der Waals surface area contributed by atoms with Gasteiger partial charge in [0.2, 0.25) is 5.91 Å². The molecule has 0 unspecified atom stereocenters. The van der Waals surface area contributed by atoms with Crippen LogP contribution < -0.4 is 10.2 Å². The number of unbranched alkanes of at least 4 members (excludes halogenated alkanes) is 3. The molecule has 0 aliphatic carbocycles. The van der Waals surface area contributed by atoms with Crippen molar-refractivity contribution in [3.05, 3.63) is 65.7 Å². The van der Waals surface area contributed by atoms with Crippen LogP contribution in [0.25, 0.3) is 0 Å². The number of ether oxygens (including phenoxy) is 1. The van der Waals surface area contributed by atoms with Gasteiger partial charge in [-0.2, -0.15) is 5.10 Å². The van der Waals surface area contributed by atoms with E-state index in [-0.39, 0.29) is 5.91 Å². The van der Waals surface area contributed by atoms with Crippen LogP contribution in [0.3, 0.4) is 0 Å². The van der Waals surface area contributed by atoms with Crippen LogP contribution in [0.15, 0.2) is 59.7 Å². The van der Waals surface area contributed by atoms with E-state index in [9.17, 15) is 4.79 Å². The molecule has 2 aromatic carbocycles. The summed E-state index contributed by atoms with van der Waals surface area (Å²) in [6.45, 7) is 2.95. The lowest BCUT2D eigenvalue weighted by Gasteiger charge is -2.06. The molecule has 0 bridgehead atoms. The first kappa shape index (κ1) is 18.7. The Morgan fingerprint density at radius 1 is 1.04 bits per heavy atom. The van der Waals surface area contributed by atoms with Crippen LogP contribution in [0.5, 0.6) is 5.75 Å². The van der Waals surface area contributed by atoms with E-state index in [1.165, 1.54) is 19.3 Å². The molecule has 0 atom stereocenters. The number of rotatable bonds is 10. The molecule has 0 aliphatic rings. The maximum Gasteiger partial charge on any atom is 0.244 e. The number of amides is 1. The fourth-order valence-corrected chi connectivity index (χ4v) is 2.37. The predicted octanol–water partition coefficient (Wildman–Crippen LogP) is 4.34. The van der Waals surface area contributed by atoms with Gasteiger partial charge in [0.25, 0.3) is 0 Å². The summed E-state index contributed by atoms with van der Waals surface area (Å²) in [6, 6.07) is 17.3. The number of hydrogen-bond donors (Lipinski definition) is 1. The second-order valence-corrected chi connectivity index (χ2v) is 5.93. The molecular formula is C21H26N2O2. The standard InChI is InChI=1S/C21H26N2O2/c1-2-3-4-8-15-25-20-13-11-19(12-14-20)17-22-23-21(24)16-18-9-6-5-7-10-18/h5-7,9-14,17H,2-4,8,15-16H2,1H3,(H,23,24)/b22-17-. The summed E-state index contributed by atoms with van der Waals surface area (Å²) < 4.78 is 5.70. The minimum Gasteiger partial charge on any atom is -0.494 e. The van der Waals surface area contributed by atoms with Gasteiger partial charge in [-0.1, -0.05) is 56.5 Å². The Morgan fingerprint density at radius 3 is 2.52 bits per heavy atom. The third-order valence-electron chi connectivity index (χ3n) is 3.76. The molecule has 0 aromatic heterocycles. The lowest BCUT2D eigenvalue weighted by Crippen LogP contribution is -2.19. The van der Waals surface area contributed by atoms with Gasteiger partial charge in [0, 0.05) is 0 Å². The summed E-state index contributed by atoms with van der Waals surface area (Å²) >= 11 is 0. The molecule has 0 radical (unpaired) electrons. The lowest BCUT2D eigenvalue weighted by atomic mass is 10.1. The number of carbonyl (C=O) groups excluding carboxylic acids is 1. The van der Waals surface area contributed by atoms with E-state index in [0.717, 1.165) is 29.9 Å². The number of benzene rings is 2. The largest absolute Gasteiger partial charge is 0.494 e. The van der Waals surface area contributed by atoms with Crippen molar-refractivity contribution >= 4 is 12.1 Å². The Kier molecular flexibility index (Phi) is 8.25. The minimum atomic E-state index is -0.130. The number of nitrogens with zero attached hydrogens (tertiary/aromatic N) is 1. The average molecular weight is 338 g/mol. The van der Waals surface area contributed by atoms with Gasteiger partial charge < -0.3 is 4.74 Å². The first-order valence-electron chi connectivity index (χ1n) is 8.86. The van der Waals surface area contributed by atoms with E-state index in [4.69, 9.17) is 4.74 Å². The normalized spacial score (nSPS) is 10.8. The molecule has 0 saturated heterocycles. The van der Waals surface area contributed by atoms with Crippen molar-refractivity contribution in [1.29, 1.82) is 0 Å². The number of hydrazone groups is 1. The first-order chi connectivity index (χ1) is 12.3. The molecule has 132 valence electrons. The third-order valence-corrected chi connectivity index (χ3v) is 3.76. The number of carbonyl (C=O) groups is 1. The van der Waals surface area contributed by atoms with E-state index < -0.39 is 0 Å². The molecule has 2 rings (SSSR count). The lowest BCUT2D eigenvalue weighted by molar-refractivity contribution is -0.120. The van der Waals surface area contributed by atoms with Crippen LogP contribution in [0.2, 0.25) is 0 Å². The quantitative estimate of drug-likeness (QED) is 0.398. The monoisotopic (exact) mass is 338 g/mol. The first-order valence-corrected chi connectivity index (χ1v) is 8.86. The van der Waals surface area contributed by atoms with Crippen LogP contribution in [0, 0.1) is 0 Å². The second kappa shape index (κ2) is 11.0. The van der Waals surface area contributed by atoms with Gasteiger partial charge in [0.1, 0.15) is 5.75 Å². The van der Waals surface area contributed by atoms with Gasteiger partial charge in [0.05, 0.1) is 19.2 Å². The Morgan fingerprint density at radius 2 is 1.80 bits per heavy atom. The van der Waals surface area contributed by atoms with E-state index in [2.05, 4.69) is 17.5 Å². The van der Waals surface area contributed by atoms with Crippen molar-refractivity contribution < 1.29 is 9.53 Å². The van der Waals surface area contributed by atoms with Gasteiger partial charge in [-0.15, -0.1) is 0 Å². The van der Waals surface area contributed by atoms with Crippen molar-refractivity contribution in [3.63, 3.8) is 0 Å². The molecule has 2 aromatic rings. The van der Waals surface area contributed by atoms with Crippen molar-refractivity contribution in [2.24, 2.45) is 5.10 Å². The molecule has 4 nitrogen and oxygen atoms in total. The van der Waals surface area contributed by atoms with Crippen molar-refractivity contribution in [3.8, 4) is 5.75 Å². The molecule has 0 heterocycles. The summed E-state index contributed by atoms with van der Waals surface area (Å²) in [4.78, 5) is 11.8. The van der Waals surface area contributed by atoms with Crippen LogP contribution in [-0.2, 0) is 11.2 Å². The molecule has 0 aliphatic heterocycles. The van der Waals surface area contributed by atoms with Gasteiger partial charge in [-0.3, -0.25) is 4.79 Å². The highest BCUT2D eigenvalue weighted by atomic mass is 16.5. The Hall–Kier alpha value is -2.62. The van der Waals surface area contributed by atoms with E-state index in [0.29, 0.717) is 6.42 Å². The highest BCUT2D eigenvalue weighted by Crippen LogP contribution is 2.12. The summed E-state index contributed by atoms with van der Waals surface area (Å²) in [5.41, 5.74) is 4.43. The van der Waals surface area contributed by atoms with Crippen molar-refractivity contribution in [2.75, 3.05) is 6.61 Å². The van der Waals surface area contributed by atoms with E-state index >= 15 is 0 Å². The number of hydrogen-bond acceptors (Lipinski definition) is 3. The summed E-state index contributed by atoms with van der Waals surface area (Å²) in [7, 11) is 0. The highest BCUT2D eigenvalue weighted by Gasteiger charge is 2.00. The summed E-state index contributed by atoms with van der Waals surface area (Å²) in [5.74, 6) is 0.733. The van der Waals surface area contributed by atoms with Gasteiger partial charge in [-0.25, -0.2) is 5.43 Å². The molecule has 4 heteroatoms. The third kappa shape index (κ3) is 7.66. The zero-order valence-corrected chi connectivity index (χ0v) is 14.8. The zero-order chi connectivity index (χ0) is 17.7. The predicted molar refractivity (Wildman–Crippen MR) is 102 cm³/mol. The molecule has 0 saturated carbocycles. The van der Waals surface area contributed by atoms with Crippen molar-refractivity contribution in [2.45, 2.75) is 39.0 Å². The Balaban J connectivity index is 1.71. The van der Waals surface area contributed by atoms with Gasteiger partial charge in [0.15, 0.2) is 0 Å².